The average Bonchev–Trinajstić information content (AvgIpc) is 2.92. The minimum atomic E-state index is -3.65. The lowest BCUT2D eigenvalue weighted by atomic mass is 10.00. The SMILES string of the molecule is CCc1cccc(CNC[C@@H](O)[C@H](Cc2cc(F)cc(F)c2)NC(=O)c2cccc(NS(=O)(=O)CCCOC)c2)c1.Cl. The van der Waals surface area contributed by atoms with Crippen molar-refractivity contribution in [3.63, 3.8) is 0 Å². The van der Waals surface area contributed by atoms with E-state index < -0.39 is 39.7 Å². The predicted octanol–water partition coefficient (Wildman–Crippen LogP) is 4.22. The highest BCUT2D eigenvalue weighted by atomic mass is 35.5. The maximum Gasteiger partial charge on any atom is 0.251 e. The lowest BCUT2D eigenvalue weighted by molar-refractivity contribution is 0.0830. The fourth-order valence-corrected chi connectivity index (χ4v) is 5.42. The molecule has 0 aliphatic rings. The molecule has 42 heavy (non-hydrogen) atoms. The summed E-state index contributed by atoms with van der Waals surface area (Å²) in [4.78, 5) is 13.2. The van der Waals surface area contributed by atoms with Crippen LogP contribution in [0.3, 0.4) is 0 Å². The lowest BCUT2D eigenvalue weighted by Gasteiger charge is -2.25. The van der Waals surface area contributed by atoms with Gasteiger partial charge in [-0.2, -0.15) is 0 Å². The number of nitrogens with one attached hydrogen (secondary N) is 3. The van der Waals surface area contributed by atoms with Crippen LogP contribution in [0.1, 0.15) is 40.4 Å². The average molecular weight is 626 g/mol. The van der Waals surface area contributed by atoms with Crippen LogP contribution < -0.4 is 15.4 Å². The van der Waals surface area contributed by atoms with Crippen molar-refractivity contribution in [1.29, 1.82) is 0 Å². The molecule has 3 rings (SSSR count). The van der Waals surface area contributed by atoms with Crippen molar-refractivity contribution in [2.75, 3.05) is 30.7 Å². The van der Waals surface area contributed by atoms with Gasteiger partial charge in [0.2, 0.25) is 10.0 Å². The van der Waals surface area contributed by atoms with Gasteiger partial charge in [0.1, 0.15) is 11.6 Å². The van der Waals surface area contributed by atoms with E-state index in [0.29, 0.717) is 19.6 Å². The van der Waals surface area contributed by atoms with E-state index in [4.69, 9.17) is 4.74 Å². The third kappa shape index (κ3) is 11.7. The van der Waals surface area contributed by atoms with Gasteiger partial charge in [0.05, 0.1) is 17.9 Å². The number of carbonyl (C=O) groups excluding carboxylic acids is 1. The topological polar surface area (TPSA) is 117 Å². The molecule has 1 amide bonds. The summed E-state index contributed by atoms with van der Waals surface area (Å²) in [6.45, 7) is 2.93. The molecule has 230 valence electrons. The minimum absolute atomic E-state index is 0. The molecule has 0 aromatic heterocycles. The Bertz CT molecular complexity index is 1390. The molecule has 0 spiro atoms. The van der Waals surface area contributed by atoms with E-state index >= 15 is 0 Å². The van der Waals surface area contributed by atoms with E-state index in [0.717, 1.165) is 30.2 Å². The largest absolute Gasteiger partial charge is 0.390 e. The molecule has 12 heteroatoms. The Hall–Kier alpha value is -3.09. The van der Waals surface area contributed by atoms with Crippen LogP contribution in [-0.4, -0.2) is 57.6 Å². The van der Waals surface area contributed by atoms with Gasteiger partial charge < -0.3 is 20.5 Å². The number of anilines is 1. The zero-order chi connectivity index (χ0) is 29.8. The third-order valence-corrected chi connectivity index (χ3v) is 7.77. The fraction of sp³-hybridized carbons (Fsp3) is 0.367. The van der Waals surface area contributed by atoms with Gasteiger partial charge in [-0.1, -0.05) is 37.3 Å². The van der Waals surface area contributed by atoms with Gasteiger partial charge in [-0.3, -0.25) is 9.52 Å². The molecule has 0 heterocycles. The van der Waals surface area contributed by atoms with Crippen molar-refractivity contribution in [2.45, 2.75) is 44.9 Å². The van der Waals surface area contributed by atoms with Gasteiger partial charge in [0.25, 0.3) is 5.91 Å². The zero-order valence-electron chi connectivity index (χ0n) is 23.6. The highest BCUT2D eigenvalue weighted by Gasteiger charge is 2.23. The quantitative estimate of drug-likeness (QED) is 0.177. The van der Waals surface area contributed by atoms with E-state index in [-0.39, 0.29) is 47.9 Å². The first kappa shape index (κ1) is 35.1. The second kappa shape index (κ2) is 17.1. The molecule has 4 N–H and O–H groups in total. The van der Waals surface area contributed by atoms with Gasteiger partial charge in [0, 0.05) is 44.1 Å². The van der Waals surface area contributed by atoms with Crippen LogP contribution in [0, 0.1) is 11.6 Å². The highest BCUT2D eigenvalue weighted by molar-refractivity contribution is 7.92. The molecule has 0 aliphatic carbocycles. The number of halogens is 3. The molecular weight excluding hydrogens is 588 g/mol. The molecule has 0 radical (unpaired) electrons. The van der Waals surface area contributed by atoms with E-state index in [1.165, 1.54) is 36.9 Å². The number of aliphatic hydroxyl groups excluding tert-OH is 1. The monoisotopic (exact) mass is 625 g/mol. The van der Waals surface area contributed by atoms with Gasteiger partial charge in [0.15, 0.2) is 0 Å². The van der Waals surface area contributed by atoms with Crippen LogP contribution in [-0.2, 0) is 34.1 Å². The molecule has 3 aromatic rings. The molecule has 0 saturated heterocycles. The standard InChI is InChI=1S/C30H37F2N3O5S.ClH/c1-3-21-7-4-8-22(13-21)19-33-20-29(36)28(16-23-14-25(31)18-26(32)15-23)34-30(37)24-9-5-10-27(17-24)35-41(38,39)12-6-11-40-2;/h4-5,7-10,13-15,17-18,28-29,33,35-36H,3,6,11-12,16,19-20H2,1-2H3,(H,34,37);1H/t28-,29+;/m0./s1. The summed E-state index contributed by atoms with van der Waals surface area (Å²) in [7, 11) is -2.17. The van der Waals surface area contributed by atoms with E-state index in [2.05, 4.69) is 28.3 Å². The maximum absolute atomic E-state index is 13.9. The van der Waals surface area contributed by atoms with Crippen molar-refractivity contribution in [3.8, 4) is 0 Å². The van der Waals surface area contributed by atoms with Crippen LogP contribution in [0.5, 0.6) is 0 Å². The predicted molar refractivity (Wildman–Crippen MR) is 162 cm³/mol. The molecule has 0 unspecified atom stereocenters. The molecule has 8 nitrogen and oxygen atoms in total. The van der Waals surface area contributed by atoms with E-state index in [1.807, 2.05) is 18.2 Å². The molecule has 3 aromatic carbocycles. The smallest absolute Gasteiger partial charge is 0.251 e. The van der Waals surface area contributed by atoms with Crippen LogP contribution in [0.4, 0.5) is 14.5 Å². The zero-order valence-corrected chi connectivity index (χ0v) is 25.2. The van der Waals surface area contributed by atoms with Crippen molar-refractivity contribution in [1.82, 2.24) is 10.6 Å². The van der Waals surface area contributed by atoms with E-state index in [1.54, 1.807) is 0 Å². The summed E-state index contributed by atoms with van der Waals surface area (Å²) in [6, 6.07) is 16.1. The van der Waals surface area contributed by atoms with Gasteiger partial charge in [-0.25, -0.2) is 17.2 Å². The van der Waals surface area contributed by atoms with Gasteiger partial charge in [-0.15, -0.1) is 12.4 Å². The van der Waals surface area contributed by atoms with Crippen LogP contribution >= 0.6 is 12.4 Å². The normalized spacial score (nSPS) is 12.7. The third-order valence-electron chi connectivity index (χ3n) is 6.40. The Labute approximate surface area is 252 Å². The van der Waals surface area contributed by atoms with Crippen molar-refractivity contribution in [2.24, 2.45) is 0 Å². The fourth-order valence-electron chi connectivity index (χ4n) is 4.33. The molecule has 0 aliphatic heterocycles. The number of sulfonamides is 1. The van der Waals surface area contributed by atoms with Crippen LogP contribution in [0.2, 0.25) is 0 Å². The number of aliphatic hydroxyl groups is 1. The molecule has 2 atom stereocenters. The summed E-state index contributed by atoms with van der Waals surface area (Å²) in [6.07, 6.45) is 0.0535. The van der Waals surface area contributed by atoms with E-state index in [9.17, 15) is 27.1 Å². The Morgan fingerprint density at radius 2 is 1.67 bits per heavy atom. The van der Waals surface area contributed by atoms with Crippen molar-refractivity contribution in [3.05, 3.63) is 101 Å². The molecule has 0 saturated carbocycles. The highest BCUT2D eigenvalue weighted by Crippen LogP contribution is 2.16. The number of hydrogen-bond acceptors (Lipinski definition) is 6. The number of hydrogen-bond donors (Lipinski definition) is 4. The second-order valence-electron chi connectivity index (χ2n) is 9.78. The van der Waals surface area contributed by atoms with Crippen LogP contribution in [0.25, 0.3) is 0 Å². The second-order valence-corrected chi connectivity index (χ2v) is 11.6. The number of rotatable bonds is 16. The number of benzene rings is 3. The lowest BCUT2D eigenvalue weighted by Crippen LogP contribution is -2.48. The number of methoxy groups -OCH3 is 1. The Morgan fingerprint density at radius 1 is 0.976 bits per heavy atom. The first-order chi connectivity index (χ1) is 19.6. The number of aryl methyl sites for hydroxylation is 1. The first-order valence-corrected chi connectivity index (χ1v) is 15.1. The Balaban J connectivity index is 0.00000616. The Kier molecular flexibility index (Phi) is 14.3. The number of ether oxygens (including phenoxy) is 1. The summed E-state index contributed by atoms with van der Waals surface area (Å²) < 4.78 is 59.8. The summed E-state index contributed by atoms with van der Waals surface area (Å²) in [5, 5.41) is 17.0. The van der Waals surface area contributed by atoms with Crippen molar-refractivity contribution < 1.29 is 31.8 Å². The number of amides is 1. The van der Waals surface area contributed by atoms with Gasteiger partial charge in [-0.05, 0) is 66.3 Å². The molecular formula is C30H38ClF2N3O5S. The summed E-state index contributed by atoms with van der Waals surface area (Å²) in [5.74, 6) is -2.26. The summed E-state index contributed by atoms with van der Waals surface area (Å²) >= 11 is 0. The first-order valence-electron chi connectivity index (χ1n) is 13.4. The minimum Gasteiger partial charge on any atom is -0.390 e. The maximum atomic E-state index is 13.9. The molecule has 0 fully saturated rings. The molecule has 0 bridgehead atoms. The van der Waals surface area contributed by atoms with Gasteiger partial charge >= 0.3 is 0 Å². The van der Waals surface area contributed by atoms with Crippen molar-refractivity contribution >= 4 is 34.0 Å². The summed E-state index contributed by atoms with van der Waals surface area (Å²) in [5.41, 5.74) is 2.83. The number of carbonyl (C=O) groups is 1. The van der Waals surface area contributed by atoms with Crippen LogP contribution in [0.15, 0.2) is 66.7 Å². The Morgan fingerprint density at radius 3 is 2.36 bits per heavy atom.